The predicted octanol–water partition coefficient (Wildman–Crippen LogP) is 7.87. The molecule has 0 radical (unpaired) electrons. The average molecular weight is 709 g/mol. The standard InChI is InChI=1S/C40H40N2O6S2/c1-27-38(26-49-36-21-19-35(20-22-36)42-28(2)44)47-40(48-39(27)32-13-11-29(25-43)12-14-32)33-17-15-31(16-18-33)34-8-6-7-30(23-34)24-41-50(45,46)37-9-4-3-5-10-37/h3-23,27,38-41,43H,24-26H2,1-2H3,(H,42,44)/t27-,38+,39+,40+/m1/s1. The molecule has 8 nitrogen and oxygen atoms in total. The molecule has 0 aromatic heterocycles. The van der Waals surface area contributed by atoms with Crippen LogP contribution in [0, 0.1) is 5.92 Å². The molecule has 0 saturated carbocycles. The van der Waals surface area contributed by atoms with Crippen molar-refractivity contribution in [3.8, 4) is 11.1 Å². The summed E-state index contributed by atoms with van der Waals surface area (Å²) in [4.78, 5) is 12.7. The third-order valence-corrected chi connectivity index (χ3v) is 11.2. The van der Waals surface area contributed by atoms with Crippen molar-refractivity contribution in [2.24, 2.45) is 5.92 Å². The fraction of sp³-hybridized carbons (Fsp3) is 0.225. The Hall–Kier alpha value is -4.29. The molecular weight excluding hydrogens is 669 g/mol. The highest BCUT2D eigenvalue weighted by atomic mass is 32.2. The Bertz CT molecular complexity index is 1990. The van der Waals surface area contributed by atoms with E-state index in [4.69, 9.17) is 9.47 Å². The molecule has 1 fully saturated rings. The van der Waals surface area contributed by atoms with Crippen molar-refractivity contribution in [1.29, 1.82) is 0 Å². The number of sulfonamides is 1. The van der Waals surface area contributed by atoms with Crippen LogP contribution in [0.5, 0.6) is 0 Å². The first-order chi connectivity index (χ1) is 24.2. The Kier molecular flexibility index (Phi) is 11.5. The van der Waals surface area contributed by atoms with Crippen LogP contribution in [0.25, 0.3) is 11.1 Å². The van der Waals surface area contributed by atoms with Crippen molar-refractivity contribution in [1.82, 2.24) is 4.72 Å². The van der Waals surface area contributed by atoms with Crippen LogP contribution >= 0.6 is 11.8 Å². The van der Waals surface area contributed by atoms with Crippen LogP contribution in [0.4, 0.5) is 5.69 Å². The maximum absolute atomic E-state index is 12.7. The van der Waals surface area contributed by atoms with E-state index in [-0.39, 0.29) is 42.1 Å². The van der Waals surface area contributed by atoms with Crippen molar-refractivity contribution < 1.29 is 27.8 Å². The highest BCUT2D eigenvalue weighted by Crippen LogP contribution is 2.43. The van der Waals surface area contributed by atoms with E-state index in [0.717, 1.165) is 44.0 Å². The van der Waals surface area contributed by atoms with Crippen molar-refractivity contribution >= 4 is 33.4 Å². The lowest BCUT2D eigenvalue weighted by Gasteiger charge is -2.41. The van der Waals surface area contributed by atoms with E-state index in [1.165, 1.54) is 6.92 Å². The molecule has 1 aliphatic heterocycles. The molecule has 5 aromatic carbocycles. The molecule has 258 valence electrons. The fourth-order valence-corrected chi connectivity index (χ4v) is 7.99. The molecule has 0 aliphatic carbocycles. The normalized spacial score (nSPS) is 19.2. The van der Waals surface area contributed by atoms with Crippen LogP contribution in [0.1, 0.15) is 48.5 Å². The number of aliphatic hydroxyl groups is 1. The van der Waals surface area contributed by atoms with Crippen LogP contribution < -0.4 is 10.0 Å². The first kappa shape index (κ1) is 35.5. The number of ether oxygens (including phenoxy) is 2. The molecule has 0 bridgehead atoms. The third-order valence-electron chi connectivity index (χ3n) is 8.68. The molecule has 50 heavy (non-hydrogen) atoms. The molecule has 0 unspecified atom stereocenters. The topological polar surface area (TPSA) is 114 Å². The number of rotatable bonds is 12. The summed E-state index contributed by atoms with van der Waals surface area (Å²) in [5.41, 5.74) is 6.30. The second-order valence-electron chi connectivity index (χ2n) is 12.3. The van der Waals surface area contributed by atoms with Crippen LogP contribution in [-0.4, -0.2) is 31.3 Å². The minimum atomic E-state index is -3.62. The Labute approximate surface area is 297 Å². The Balaban J connectivity index is 1.18. The minimum Gasteiger partial charge on any atom is -0.392 e. The SMILES string of the molecule is CC(=O)Nc1ccc(SC[C@@H]2O[C@H](c3ccc(-c4cccc(CNS(=O)(=O)c5ccccc5)c4)cc3)O[C@H](c3ccc(CO)cc3)[C@@H]2C)cc1. The number of anilines is 1. The van der Waals surface area contributed by atoms with Gasteiger partial charge in [0.05, 0.1) is 23.7 Å². The van der Waals surface area contributed by atoms with Crippen LogP contribution in [0.2, 0.25) is 0 Å². The first-order valence-electron chi connectivity index (χ1n) is 16.4. The van der Waals surface area contributed by atoms with Gasteiger partial charge >= 0.3 is 0 Å². The van der Waals surface area contributed by atoms with Gasteiger partial charge in [-0.1, -0.05) is 91.9 Å². The van der Waals surface area contributed by atoms with Gasteiger partial charge in [-0.15, -0.1) is 11.8 Å². The summed E-state index contributed by atoms with van der Waals surface area (Å²) < 4.78 is 41.4. The lowest BCUT2D eigenvalue weighted by Crippen LogP contribution is -2.38. The van der Waals surface area contributed by atoms with Gasteiger partial charge in [0.25, 0.3) is 0 Å². The van der Waals surface area contributed by atoms with E-state index >= 15 is 0 Å². The molecule has 0 spiro atoms. The monoisotopic (exact) mass is 708 g/mol. The summed E-state index contributed by atoms with van der Waals surface area (Å²) in [5.74, 6) is 0.633. The van der Waals surface area contributed by atoms with Gasteiger partial charge < -0.3 is 19.9 Å². The van der Waals surface area contributed by atoms with E-state index < -0.39 is 16.3 Å². The molecule has 3 N–H and O–H groups in total. The lowest BCUT2D eigenvalue weighted by molar-refractivity contribution is -0.268. The summed E-state index contributed by atoms with van der Waals surface area (Å²) >= 11 is 1.69. The van der Waals surface area contributed by atoms with Gasteiger partial charge in [0, 0.05) is 41.3 Å². The number of nitrogens with one attached hydrogen (secondary N) is 2. The highest BCUT2D eigenvalue weighted by Gasteiger charge is 2.38. The third kappa shape index (κ3) is 8.89. The first-order valence-corrected chi connectivity index (χ1v) is 18.9. The zero-order valence-corrected chi connectivity index (χ0v) is 29.5. The second kappa shape index (κ2) is 16.2. The molecule has 6 rings (SSSR count). The number of hydrogen-bond donors (Lipinski definition) is 3. The van der Waals surface area contributed by atoms with E-state index in [1.807, 2.05) is 97.1 Å². The van der Waals surface area contributed by atoms with Gasteiger partial charge in [-0.2, -0.15) is 0 Å². The van der Waals surface area contributed by atoms with E-state index in [2.05, 4.69) is 17.0 Å². The molecule has 10 heteroatoms. The highest BCUT2D eigenvalue weighted by molar-refractivity contribution is 7.99. The number of carbonyl (C=O) groups is 1. The summed E-state index contributed by atoms with van der Waals surface area (Å²) in [6.07, 6.45) is -0.966. The molecule has 4 atom stereocenters. The average Bonchev–Trinajstić information content (AvgIpc) is 3.14. The number of benzene rings is 5. The lowest BCUT2D eigenvalue weighted by atomic mass is 9.91. The smallest absolute Gasteiger partial charge is 0.240 e. The maximum Gasteiger partial charge on any atom is 0.240 e. The quantitative estimate of drug-likeness (QED) is 0.113. The van der Waals surface area contributed by atoms with E-state index in [0.29, 0.717) is 5.75 Å². The van der Waals surface area contributed by atoms with E-state index in [9.17, 15) is 18.3 Å². The molecule has 1 heterocycles. The molecule has 1 saturated heterocycles. The second-order valence-corrected chi connectivity index (χ2v) is 15.2. The van der Waals surface area contributed by atoms with Gasteiger partial charge in [0.2, 0.25) is 15.9 Å². The summed E-state index contributed by atoms with van der Waals surface area (Å²) in [5, 5.41) is 12.4. The Morgan fingerprint density at radius 3 is 2.16 bits per heavy atom. The summed E-state index contributed by atoms with van der Waals surface area (Å²) in [6, 6.07) is 39.9. The zero-order chi connectivity index (χ0) is 35.1. The summed E-state index contributed by atoms with van der Waals surface area (Å²) in [7, 11) is -3.62. The van der Waals surface area contributed by atoms with Crippen molar-refractivity contribution in [2.45, 2.75) is 55.3 Å². The molecule has 1 amide bonds. The van der Waals surface area contributed by atoms with Crippen LogP contribution in [0.3, 0.4) is 0 Å². The predicted molar refractivity (Wildman–Crippen MR) is 197 cm³/mol. The van der Waals surface area contributed by atoms with Crippen molar-refractivity contribution in [3.63, 3.8) is 0 Å². The molecule has 1 aliphatic rings. The van der Waals surface area contributed by atoms with Crippen molar-refractivity contribution in [2.75, 3.05) is 11.1 Å². The maximum atomic E-state index is 12.7. The Morgan fingerprint density at radius 2 is 1.48 bits per heavy atom. The van der Waals surface area contributed by atoms with Gasteiger partial charge in [0.15, 0.2) is 6.29 Å². The largest absolute Gasteiger partial charge is 0.392 e. The fourth-order valence-electron chi connectivity index (χ4n) is 5.88. The number of thioether (sulfide) groups is 1. The zero-order valence-electron chi connectivity index (χ0n) is 27.9. The Morgan fingerprint density at radius 1 is 0.780 bits per heavy atom. The minimum absolute atomic E-state index is 0.0222. The molecule has 5 aromatic rings. The number of amides is 1. The van der Waals surface area contributed by atoms with Crippen LogP contribution in [0.15, 0.2) is 137 Å². The van der Waals surface area contributed by atoms with Crippen LogP contribution in [-0.2, 0) is 37.4 Å². The molecular formula is C40H40N2O6S2. The summed E-state index contributed by atoms with van der Waals surface area (Å²) in [6.45, 7) is 3.78. The number of aliphatic hydroxyl groups excluding tert-OH is 1. The van der Waals surface area contributed by atoms with Crippen molar-refractivity contribution in [3.05, 3.63) is 150 Å². The van der Waals surface area contributed by atoms with Gasteiger partial charge in [-0.3, -0.25) is 4.79 Å². The number of hydrogen-bond acceptors (Lipinski definition) is 7. The number of carbonyl (C=O) groups excluding carboxylic acids is 1. The van der Waals surface area contributed by atoms with Gasteiger partial charge in [-0.05, 0) is 70.3 Å². The van der Waals surface area contributed by atoms with E-state index in [1.54, 1.807) is 42.1 Å². The van der Waals surface area contributed by atoms with Gasteiger partial charge in [-0.25, -0.2) is 13.1 Å². The van der Waals surface area contributed by atoms with Gasteiger partial charge in [0.1, 0.15) is 0 Å².